The minimum absolute atomic E-state index is 0.0248. The van der Waals surface area contributed by atoms with Crippen molar-refractivity contribution in [1.29, 1.82) is 0 Å². The van der Waals surface area contributed by atoms with Crippen molar-refractivity contribution in [3.63, 3.8) is 0 Å². The van der Waals surface area contributed by atoms with Gasteiger partial charge in [-0.25, -0.2) is 0 Å². The number of anilines is 1. The largest absolute Gasteiger partial charge is 0.508 e. The number of amides is 1. The molecule has 1 fully saturated rings. The van der Waals surface area contributed by atoms with Crippen LogP contribution in [0.5, 0.6) is 11.5 Å². The molecule has 1 amide bonds. The van der Waals surface area contributed by atoms with Crippen LogP contribution >= 0.6 is 23.2 Å². The lowest BCUT2D eigenvalue weighted by atomic mass is 9.95. The Labute approximate surface area is 200 Å². The zero-order chi connectivity index (χ0) is 23.7. The standard InChI is InChI=1S/C25H19Cl2NO5/c1-2-33-18-10-5-15(6-11-18)23(30)21-22(14-3-8-17(29)9-4-14)28(25(32)24(21)31)16-7-12-19(26)20(27)13-16/h3-13,22,29-30H,2H2,1H3/b23-21+. The highest BCUT2D eigenvalue weighted by Gasteiger charge is 2.47. The quantitative estimate of drug-likeness (QED) is 0.275. The molecule has 1 atom stereocenters. The van der Waals surface area contributed by atoms with Gasteiger partial charge in [0.25, 0.3) is 11.7 Å². The highest BCUT2D eigenvalue weighted by atomic mass is 35.5. The summed E-state index contributed by atoms with van der Waals surface area (Å²) in [5.41, 5.74) is 1.14. The maximum atomic E-state index is 13.1. The summed E-state index contributed by atoms with van der Waals surface area (Å²) in [7, 11) is 0. The van der Waals surface area contributed by atoms with Crippen LogP contribution in [0.3, 0.4) is 0 Å². The van der Waals surface area contributed by atoms with Gasteiger partial charge in [0.2, 0.25) is 0 Å². The lowest BCUT2D eigenvalue weighted by Crippen LogP contribution is -2.29. The topological polar surface area (TPSA) is 87.1 Å². The van der Waals surface area contributed by atoms with Crippen molar-refractivity contribution in [1.82, 2.24) is 0 Å². The fourth-order valence-corrected chi connectivity index (χ4v) is 4.03. The van der Waals surface area contributed by atoms with Gasteiger partial charge in [0.1, 0.15) is 17.3 Å². The summed E-state index contributed by atoms with van der Waals surface area (Å²) >= 11 is 12.2. The second-order valence-corrected chi connectivity index (χ2v) is 8.13. The van der Waals surface area contributed by atoms with E-state index in [1.54, 1.807) is 42.5 Å². The molecule has 168 valence electrons. The molecule has 0 radical (unpaired) electrons. The molecule has 33 heavy (non-hydrogen) atoms. The molecule has 6 nitrogen and oxygen atoms in total. The molecule has 1 saturated heterocycles. The third kappa shape index (κ3) is 4.27. The number of hydrogen-bond donors (Lipinski definition) is 2. The second kappa shape index (κ2) is 9.17. The van der Waals surface area contributed by atoms with Crippen molar-refractivity contribution in [2.24, 2.45) is 0 Å². The number of ether oxygens (including phenoxy) is 1. The van der Waals surface area contributed by atoms with E-state index in [0.29, 0.717) is 34.2 Å². The molecule has 1 heterocycles. The summed E-state index contributed by atoms with van der Waals surface area (Å²) in [6.07, 6.45) is 0. The maximum absolute atomic E-state index is 13.1. The summed E-state index contributed by atoms with van der Waals surface area (Å²) in [5, 5.41) is 21.4. The van der Waals surface area contributed by atoms with E-state index in [9.17, 15) is 19.8 Å². The van der Waals surface area contributed by atoms with Crippen molar-refractivity contribution in [2.45, 2.75) is 13.0 Å². The van der Waals surface area contributed by atoms with Gasteiger partial charge >= 0.3 is 0 Å². The number of halogens is 2. The van der Waals surface area contributed by atoms with E-state index in [0.717, 1.165) is 0 Å². The summed E-state index contributed by atoms with van der Waals surface area (Å²) in [6, 6.07) is 16.3. The van der Waals surface area contributed by atoms with Gasteiger partial charge in [-0.1, -0.05) is 35.3 Å². The molecule has 0 aromatic heterocycles. The third-order valence-electron chi connectivity index (χ3n) is 5.27. The van der Waals surface area contributed by atoms with E-state index < -0.39 is 17.7 Å². The Balaban J connectivity index is 1.89. The molecule has 2 N–H and O–H groups in total. The number of aliphatic hydroxyl groups is 1. The first-order valence-corrected chi connectivity index (χ1v) is 10.9. The minimum Gasteiger partial charge on any atom is -0.508 e. The van der Waals surface area contributed by atoms with E-state index >= 15 is 0 Å². The Morgan fingerprint density at radius 1 is 0.970 bits per heavy atom. The molecule has 4 rings (SSSR count). The van der Waals surface area contributed by atoms with Crippen LogP contribution in [0.1, 0.15) is 24.1 Å². The predicted octanol–water partition coefficient (Wildman–Crippen LogP) is 5.72. The van der Waals surface area contributed by atoms with Crippen LogP contribution in [0.25, 0.3) is 5.76 Å². The monoisotopic (exact) mass is 483 g/mol. The number of phenols is 1. The lowest BCUT2D eigenvalue weighted by Gasteiger charge is -2.25. The zero-order valence-corrected chi connectivity index (χ0v) is 19.0. The van der Waals surface area contributed by atoms with E-state index in [2.05, 4.69) is 0 Å². The highest BCUT2D eigenvalue weighted by Crippen LogP contribution is 2.43. The predicted molar refractivity (Wildman–Crippen MR) is 127 cm³/mol. The van der Waals surface area contributed by atoms with Crippen molar-refractivity contribution in [3.05, 3.63) is 93.5 Å². The first-order chi connectivity index (χ1) is 15.8. The number of carbonyl (C=O) groups excluding carboxylic acids is 2. The van der Waals surface area contributed by atoms with Crippen molar-refractivity contribution in [3.8, 4) is 11.5 Å². The Bertz CT molecular complexity index is 1250. The first kappa shape index (κ1) is 22.7. The van der Waals surface area contributed by atoms with Gasteiger partial charge in [0, 0.05) is 11.3 Å². The molecule has 3 aromatic carbocycles. The maximum Gasteiger partial charge on any atom is 0.300 e. The van der Waals surface area contributed by atoms with E-state index in [4.69, 9.17) is 27.9 Å². The van der Waals surface area contributed by atoms with Crippen molar-refractivity contribution >= 4 is 46.3 Å². The molecule has 3 aromatic rings. The van der Waals surface area contributed by atoms with Crippen molar-refractivity contribution in [2.75, 3.05) is 11.5 Å². The molecule has 1 aliphatic heterocycles. The van der Waals surface area contributed by atoms with Gasteiger partial charge in [0.05, 0.1) is 28.3 Å². The van der Waals surface area contributed by atoms with Gasteiger partial charge in [-0.15, -0.1) is 0 Å². The average Bonchev–Trinajstić information content (AvgIpc) is 3.07. The molecule has 0 bridgehead atoms. The molecular formula is C25H19Cl2NO5. The second-order valence-electron chi connectivity index (χ2n) is 7.32. The number of aliphatic hydroxyl groups excluding tert-OH is 1. The van der Waals surface area contributed by atoms with Crippen LogP contribution in [-0.4, -0.2) is 28.5 Å². The molecule has 8 heteroatoms. The number of carbonyl (C=O) groups is 2. The van der Waals surface area contributed by atoms with Crippen molar-refractivity contribution < 1.29 is 24.5 Å². The molecule has 0 spiro atoms. The summed E-state index contributed by atoms with van der Waals surface area (Å²) < 4.78 is 5.43. The molecule has 0 aliphatic carbocycles. The molecule has 1 aliphatic rings. The number of phenolic OH excluding ortho intramolecular Hbond substituents is 1. The Morgan fingerprint density at radius 3 is 2.24 bits per heavy atom. The number of Topliss-reactive ketones (excluding diaryl/α,β-unsaturated/α-hetero) is 1. The smallest absolute Gasteiger partial charge is 0.300 e. The number of ketones is 1. The summed E-state index contributed by atoms with van der Waals surface area (Å²) in [6.45, 7) is 2.34. The number of rotatable bonds is 5. The van der Waals surface area contributed by atoms with Crippen LogP contribution in [0.15, 0.2) is 72.3 Å². The fraction of sp³-hybridized carbons (Fsp3) is 0.120. The number of benzene rings is 3. The van der Waals surface area contributed by atoms with Gasteiger partial charge in [0.15, 0.2) is 0 Å². The third-order valence-corrected chi connectivity index (χ3v) is 6.01. The SMILES string of the molecule is CCOc1ccc(/C(O)=C2\C(=O)C(=O)N(c3ccc(Cl)c(Cl)c3)C2c2ccc(O)cc2)cc1. The van der Waals surface area contributed by atoms with Crippen LogP contribution in [0, 0.1) is 0 Å². The van der Waals surface area contributed by atoms with E-state index in [1.165, 1.54) is 29.2 Å². The van der Waals surface area contributed by atoms with Gasteiger partial charge in [-0.3, -0.25) is 14.5 Å². The summed E-state index contributed by atoms with van der Waals surface area (Å²) in [5.74, 6) is -1.35. The average molecular weight is 484 g/mol. The highest BCUT2D eigenvalue weighted by molar-refractivity contribution is 6.52. The molecular weight excluding hydrogens is 465 g/mol. The Hall–Kier alpha value is -3.48. The van der Waals surface area contributed by atoms with Crippen LogP contribution in [-0.2, 0) is 9.59 Å². The molecule has 1 unspecified atom stereocenters. The van der Waals surface area contributed by atoms with Crippen LogP contribution in [0.2, 0.25) is 10.0 Å². The minimum atomic E-state index is -0.950. The lowest BCUT2D eigenvalue weighted by molar-refractivity contribution is -0.132. The van der Waals surface area contributed by atoms with Gasteiger partial charge < -0.3 is 14.9 Å². The molecule has 0 saturated carbocycles. The van der Waals surface area contributed by atoms with Gasteiger partial charge in [-0.05, 0) is 67.1 Å². The number of hydrogen-bond acceptors (Lipinski definition) is 5. The first-order valence-electron chi connectivity index (χ1n) is 10.1. The van der Waals surface area contributed by atoms with Crippen LogP contribution < -0.4 is 9.64 Å². The number of nitrogens with zero attached hydrogens (tertiary/aromatic N) is 1. The number of aromatic hydroxyl groups is 1. The Morgan fingerprint density at radius 2 is 1.64 bits per heavy atom. The van der Waals surface area contributed by atoms with E-state index in [-0.39, 0.29) is 22.1 Å². The van der Waals surface area contributed by atoms with Gasteiger partial charge in [-0.2, -0.15) is 0 Å². The Kier molecular flexibility index (Phi) is 6.31. The summed E-state index contributed by atoms with van der Waals surface area (Å²) in [4.78, 5) is 27.5. The zero-order valence-electron chi connectivity index (χ0n) is 17.5. The van der Waals surface area contributed by atoms with Crippen LogP contribution in [0.4, 0.5) is 5.69 Å². The van der Waals surface area contributed by atoms with E-state index in [1.807, 2.05) is 6.92 Å². The fourth-order valence-electron chi connectivity index (χ4n) is 3.74. The normalized spacial score (nSPS) is 17.4.